The molecular formula is C52H32. The smallest absolute Gasteiger partial charge is 0.00137 e. The Balaban J connectivity index is 1.26. The molecule has 11 rings (SSSR count). The highest BCUT2D eigenvalue weighted by Gasteiger charge is 2.22. The summed E-state index contributed by atoms with van der Waals surface area (Å²) in [5.41, 5.74) is 10.1. The second kappa shape index (κ2) is 11.4. The Morgan fingerprint density at radius 3 is 1.35 bits per heavy atom. The summed E-state index contributed by atoms with van der Waals surface area (Å²) in [5, 5.41) is 15.6. The lowest BCUT2D eigenvalue weighted by atomic mass is 9.81. The molecule has 0 heterocycles. The lowest BCUT2D eigenvalue weighted by Gasteiger charge is -2.22. The van der Waals surface area contributed by atoms with E-state index in [2.05, 4.69) is 194 Å². The lowest BCUT2D eigenvalue weighted by Crippen LogP contribution is -1.94. The average molecular weight is 657 g/mol. The predicted molar refractivity (Wildman–Crippen MR) is 224 cm³/mol. The van der Waals surface area contributed by atoms with E-state index in [-0.39, 0.29) is 0 Å². The van der Waals surface area contributed by atoms with Gasteiger partial charge in [-0.2, -0.15) is 0 Å². The highest BCUT2D eigenvalue weighted by Crippen LogP contribution is 2.50. The van der Waals surface area contributed by atoms with Gasteiger partial charge >= 0.3 is 0 Å². The normalized spacial score (nSPS) is 11.8. The predicted octanol–water partition coefficient (Wildman–Crippen LogP) is 14.7. The van der Waals surface area contributed by atoms with Gasteiger partial charge in [0.2, 0.25) is 0 Å². The van der Waals surface area contributed by atoms with E-state index in [0.717, 1.165) is 0 Å². The molecule has 0 atom stereocenters. The first-order valence-electron chi connectivity index (χ1n) is 18.1. The molecule has 0 aliphatic rings. The maximum absolute atomic E-state index is 2.39. The van der Waals surface area contributed by atoms with Crippen LogP contribution in [0, 0.1) is 0 Å². The van der Waals surface area contributed by atoms with Crippen LogP contribution in [-0.2, 0) is 0 Å². The van der Waals surface area contributed by atoms with Crippen LogP contribution in [0.2, 0.25) is 0 Å². The van der Waals surface area contributed by atoms with Gasteiger partial charge in [-0.25, -0.2) is 0 Å². The molecule has 0 aromatic heterocycles. The van der Waals surface area contributed by atoms with Crippen LogP contribution in [0.3, 0.4) is 0 Å². The van der Waals surface area contributed by atoms with Crippen molar-refractivity contribution in [2.75, 3.05) is 0 Å². The topological polar surface area (TPSA) is 0 Å². The molecule has 0 heteroatoms. The van der Waals surface area contributed by atoms with Crippen LogP contribution >= 0.6 is 0 Å². The first-order valence-corrected chi connectivity index (χ1v) is 18.1. The molecule has 0 fully saturated rings. The Labute approximate surface area is 302 Å². The summed E-state index contributed by atoms with van der Waals surface area (Å²) in [4.78, 5) is 0. The minimum absolute atomic E-state index is 1.23. The Bertz CT molecular complexity index is 3150. The van der Waals surface area contributed by atoms with E-state index < -0.39 is 0 Å². The number of hydrogen-bond acceptors (Lipinski definition) is 0. The molecule has 11 aromatic carbocycles. The quantitative estimate of drug-likeness (QED) is 0.131. The molecule has 11 aromatic rings. The van der Waals surface area contributed by atoms with Gasteiger partial charge in [-0.1, -0.05) is 194 Å². The molecule has 0 spiro atoms. The van der Waals surface area contributed by atoms with Gasteiger partial charge in [0.15, 0.2) is 0 Å². The Kier molecular flexibility index (Phi) is 6.35. The van der Waals surface area contributed by atoms with E-state index in [1.165, 1.54) is 109 Å². The Morgan fingerprint density at radius 2 is 0.615 bits per heavy atom. The van der Waals surface area contributed by atoms with E-state index in [1.54, 1.807) is 0 Å². The van der Waals surface area contributed by atoms with E-state index in [1.807, 2.05) is 0 Å². The van der Waals surface area contributed by atoms with Gasteiger partial charge in [-0.05, 0) is 109 Å². The SMILES string of the molecule is c1ccc(-c2ccccc2-c2ccc3c4c2cccc4c2cccc4c(-c5ccc(-c6ccccc6)c6ccccc56)c5ccccc5c3c42)cc1. The minimum atomic E-state index is 1.23. The maximum Gasteiger partial charge on any atom is -0.00137 e. The van der Waals surface area contributed by atoms with Crippen molar-refractivity contribution in [1.29, 1.82) is 0 Å². The summed E-state index contributed by atoms with van der Waals surface area (Å²) in [5.74, 6) is 0. The highest BCUT2D eigenvalue weighted by molar-refractivity contribution is 6.41. The van der Waals surface area contributed by atoms with Gasteiger partial charge in [-0.3, -0.25) is 0 Å². The van der Waals surface area contributed by atoms with Crippen LogP contribution in [0.1, 0.15) is 0 Å². The zero-order valence-electron chi connectivity index (χ0n) is 28.5. The lowest BCUT2D eigenvalue weighted by molar-refractivity contribution is 1.60. The molecule has 0 amide bonds. The molecule has 0 bridgehead atoms. The molecule has 52 heavy (non-hydrogen) atoms. The number of fused-ring (bicyclic) bond motifs is 5. The third kappa shape index (κ3) is 4.16. The summed E-state index contributed by atoms with van der Waals surface area (Å²) < 4.78 is 0. The van der Waals surface area contributed by atoms with Crippen molar-refractivity contribution in [3.63, 3.8) is 0 Å². The van der Waals surface area contributed by atoms with Gasteiger partial charge in [0.05, 0.1) is 0 Å². The van der Waals surface area contributed by atoms with Gasteiger partial charge in [0.1, 0.15) is 0 Å². The van der Waals surface area contributed by atoms with E-state index >= 15 is 0 Å². The van der Waals surface area contributed by atoms with Crippen molar-refractivity contribution >= 4 is 64.6 Å². The van der Waals surface area contributed by atoms with Crippen LogP contribution in [0.5, 0.6) is 0 Å². The van der Waals surface area contributed by atoms with Crippen molar-refractivity contribution in [3.05, 3.63) is 194 Å². The van der Waals surface area contributed by atoms with Gasteiger partial charge in [-0.15, -0.1) is 0 Å². The summed E-state index contributed by atoms with van der Waals surface area (Å²) in [6.07, 6.45) is 0. The zero-order chi connectivity index (χ0) is 34.2. The molecule has 0 radical (unpaired) electrons. The first-order chi connectivity index (χ1) is 25.8. The molecule has 0 nitrogen and oxygen atoms in total. The van der Waals surface area contributed by atoms with Gasteiger partial charge in [0.25, 0.3) is 0 Å². The fourth-order valence-corrected chi connectivity index (χ4v) is 9.07. The van der Waals surface area contributed by atoms with Crippen molar-refractivity contribution in [2.45, 2.75) is 0 Å². The van der Waals surface area contributed by atoms with Crippen LogP contribution in [0.25, 0.3) is 109 Å². The van der Waals surface area contributed by atoms with Crippen LogP contribution in [0.15, 0.2) is 194 Å². The fraction of sp³-hybridized carbons (Fsp3) is 0. The van der Waals surface area contributed by atoms with Crippen molar-refractivity contribution in [2.24, 2.45) is 0 Å². The second-order valence-corrected chi connectivity index (χ2v) is 13.9. The van der Waals surface area contributed by atoms with Crippen LogP contribution < -0.4 is 0 Å². The summed E-state index contributed by atoms with van der Waals surface area (Å²) in [6, 6.07) is 71.6. The molecule has 0 saturated heterocycles. The average Bonchev–Trinajstić information content (AvgIpc) is 3.22. The molecule has 0 N–H and O–H groups in total. The Hall–Kier alpha value is -6.76. The molecule has 240 valence electrons. The third-order valence-corrected chi connectivity index (χ3v) is 11.2. The Morgan fingerprint density at radius 1 is 0.173 bits per heavy atom. The standard InChI is InChI=1S/C52H32/c1-3-15-33(16-4-1)35-19-7-8-20-37(35)40-30-32-48-49-41(40)25-13-26-43(49)45-27-14-28-47-50(42-23-11-12-24-44(42)52(48)51(45)47)46-31-29-36(34-17-5-2-6-18-34)38-21-9-10-22-39(38)46/h1-32H. The number of hydrogen-bond donors (Lipinski definition) is 0. The largest absolute Gasteiger partial charge is 0.0622 e. The zero-order valence-corrected chi connectivity index (χ0v) is 28.5. The number of benzene rings is 11. The van der Waals surface area contributed by atoms with E-state index in [0.29, 0.717) is 0 Å². The first kappa shape index (κ1) is 29.0. The molecule has 0 unspecified atom stereocenters. The van der Waals surface area contributed by atoms with Crippen LogP contribution in [0.4, 0.5) is 0 Å². The summed E-state index contributed by atoms with van der Waals surface area (Å²) >= 11 is 0. The summed E-state index contributed by atoms with van der Waals surface area (Å²) in [7, 11) is 0. The monoisotopic (exact) mass is 656 g/mol. The molecule has 0 aliphatic carbocycles. The summed E-state index contributed by atoms with van der Waals surface area (Å²) in [6.45, 7) is 0. The minimum Gasteiger partial charge on any atom is -0.0622 e. The number of rotatable bonds is 4. The van der Waals surface area contributed by atoms with Crippen molar-refractivity contribution in [1.82, 2.24) is 0 Å². The van der Waals surface area contributed by atoms with Gasteiger partial charge < -0.3 is 0 Å². The van der Waals surface area contributed by atoms with E-state index in [4.69, 9.17) is 0 Å². The molecule has 0 aliphatic heterocycles. The van der Waals surface area contributed by atoms with Crippen molar-refractivity contribution in [3.8, 4) is 44.5 Å². The molecule has 0 saturated carbocycles. The third-order valence-electron chi connectivity index (χ3n) is 11.2. The van der Waals surface area contributed by atoms with Gasteiger partial charge in [0, 0.05) is 0 Å². The maximum atomic E-state index is 2.39. The van der Waals surface area contributed by atoms with E-state index in [9.17, 15) is 0 Å². The molecular weight excluding hydrogens is 625 g/mol. The second-order valence-electron chi connectivity index (χ2n) is 13.9. The van der Waals surface area contributed by atoms with Crippen LogP contribution in [-0.4, -0.2) is 0 Å². The fourth-order valence-electron chi connectivity index (χ4n) is 9.07. The highest BCUT2D eigenvalue weighted by atomic mass is 14.2. The van der Waals surface area contributed by atoms with Crippen molar-refractivity contribution < 1.29 is 0 Å².